The third-order valence-corrected chi connectivity index (χ3v) is 3.51. The first-order valence-electron chi connectivity index (χ1n) is 7.30. The molecule has 0 unspecified atom stereocenters. The van der Waals surface area contributed by atoms with E-state index in [1.165, 1.54) is 0 Å². The first-order chi connectivity index (χ1) is 10.3. The van der Waals surface area contributed by atoms with Gasteiger partial charge in [-0.2, -0.15) is 0 Å². The number of aryl methyl sites for hydroxylation is 2. The molecule has 0 aliphatic heterocycles. The Hall–Kier alpha value is -2.42. The molecule has 0 radical (unpaired) electrons. The molecule has 0 spiro atoms. The normalized spacial score (nSPS) is 11.1. The summed E-state index contributed by atoms with van der Waals surface area (Å²) in [5.74, 6) is -0.341. The zero-order valence-corrected chi connectivity index (χ0v) is 13.4. The summed E-state index contributed by atoms with van der Waals surface area (Å²) < 4.78 is 0. The number of rotatable bonds is 4. The molecule has 1 N–H and O–H groups in total. The van der Waals surface area contributed by atoms with Crippen molar-refractivity contribution in [1.29, 1.82) is 0 Å². The minimum absolute atomic E-state index is 0.0939. The number of nitrogens with one attached hydrogen (secondary N) is 1. The highest BCUT2D eigenvalue weighted by Gasteiger charge is 2.30. The summed E-state index contributed by atoms with van der Waals surface area (Å²) in [5, 5.41) is 2.82. The van der Waals surface area contributed by atoms with Gasteiger partial charge < -0.3 is 5.32 Å². The fourth-order valence-corrected chi connectivity index (χ4v) is 2.47. The third kappa shape index (κ3) is 3.61. The van der Waals surface area contributed by atoms with Crippen LogP contribution in [-0.4, -0.2) is 17.2 Å². The topological polar surface area (TPSA) is 46.2 Å². The number of carbonyl (C=O) groups is 2. The van der Waals surface area contributed by atoms with Gasteiger partial charge in [0.25, 0.3) is 5.91 Å². The van der Waals surface area contributed by atoms with E-state index >= 15 is 0 Å². The maximum atomic E-state index is 12.7. The van der Waals surface area contributed by atoms with E-state index in [2.05, 4.69) is 5.32 Å². The smallest absolute Gasteiger partial charge is 0.252 e. The first kappa shape index (κ1) is 16.0. The Kier molecular flexibility index (Phi) is 4.45. The van der Waals surface area contributed by atoms with Gasteiger partial charge in [-0.1, -0.05) is 35.4 Å². The lowest BCUT2D eigenvalue weighted by atomic mass is 9.91. The van der Waals surface area contributed by atoms with E-state index in [-0.39, 0.29) is 11.7 Å². The predicted molar refractivity (Wildman–Crippen MR) is 88.2 cm³/mol. The van der Waals surface area contributed by atoms with E-state index in [9.17, 15) is 9.59 Å². The van der Waals surface area contributed by atoms with E-state index in [0.29, 0.717) is 11.1 Å². The summed E-state index contributed by atoms with van der Waals surface area (Å²) >= 11 is 0. The van der Waals surface area contributed by atoms with Crippen molar-refractivity contribution < 1.29 is 9.59 Å². The van der Waals surface area contributed by atoms with Crippen LogP contribution in [0.25, 0.3) is 0 Å². The molecule has 0 saturated carbocycles. The van der Waals surface area contributed by atoms with E-state index < -0.39 is 5.54 Å². The van der Waals surface area contributed by atoms with Crippen LogP contribution < -0.4 is 5.32 Å². The summed E-state index contributed by atoms with van der Waals surface area (Å²) in [4.78, 5) is 25.0. The van der Waals surface area contributed by atoms with E-state index in [0.717, 1.165) is 11.1 Å². The van der Waals surface area contributed by atoms with Gasteiger partial charge in [-0.05, 0) is 52.0 Å². The number of hydrogen-bond donors (Lipinski definition) is 1. The molecule has 0 saturated heterocycles. The second-order valence-corrected chi connectivity index (χ2v) is 6.15. The van der Waals surface area contributed by atoms with Gasteiger partial charge in [-0.3, -0.25) is 9.59 Å². The summed E-state index contributed by atoms with van der Waals surface area (Å²) in [5.41, 5.74) is 2.27. The number of Topliss-reactive ketones (excluding diaryl/α,β-unsaturated/α-hetero) is 1. The molecule has 2 rings (SSSR count). The van der Waals surface area contributed by atoms with Crippen molar-refractivity contribution in [2.45, 2.75) is 33.2 Å². The molecule has 3 nitrogen and oxygen atoms in total. The molecule has 2 aromatic carbocycles. The number of amides is 1. The molecular formula is C19H21NO2. The minimum Gasteiger partial charge on any atom is -0.340 e. The van der Waals surface area contributed by atoms with E-state index in [4.69, 9.17) is 0 Å². The van der Waals surface area contributed by atoms with E-state index in [1.54, 1.807) is 38.1 Å². The van der Waals surface area contributed by atoms with Crippen molar-refractivity contribution in [1.82, 2.24) is 5.32 Å². The van der Waals surface area contributed by atoms with Crippen LogP contribution in [0, 0.1) is 13.8 Å². The number of benzene rings is 2. The molecular weight excluding hydrogens is 274 g/mol. The largest absolute Gasteiger partial charge is 0.340 e. The first-order valence-corrected chi connectivity index (χ1v) is 7.30. The summed E-state index contributed by atoms with van der Waals surface area (Å²) in [6.07, 6.45) is 0. The minimum atomic E-state index is -0.965. The number of carbonyl (C=O) groups excluding carboxylic acids is 2. The van der Waals surface area contributed by atoms with Crippen molar-refractivity contribution in [2.75, 3.05) is 0 Å². The van der Waals surface area contributed by atoms with Crippen molar-refractivity contribution in [2.24, 2.45) is 0 Å². The fraction of sp³-hybridized carbons (Fsp3) is 0.263. The molecule has 3 heteroatoms. The van der Waals surface area contributed by atoms with Crippen LogP contribution in [0.4, 0.5) is 0 Å². The summed E-state index contributed by atoms with van der Waals surface area (Å²) in [6, 6.07) is 14.6. The Morgan fingerprint density at radius 3 is 1.95 bits per heavy atom. The second kappa shape index (κ2) is 6.14. The zero-order chi connectivity index (χ0) is 16.3. The van der Waals surface area contributed by atoms with Crippen LogP contribution in [0.1, 0.15) is 45.7 Å². The molecule has 0 heterocycles. The Morgan fingerprint density at radius 1 is 0.864 bits per heavy atom. The Balaban J connectivity index is 2.22. The molecule has 0 atom stereocenters. The average molecular weight is 295 g/mol. The van der Waals surface area contributed by atoms with Gasteiger partial charge >= 0.3 is 0 Å². The van der Waals surface area contributed by atoms with Gasteiger partial charge in [0.1, 0.15) is 0 Å². The van der Waals surface area contributed by atoms with Gasteiger partial charge in [-0.15, -0.1) is 0 Å². The SMILES string of the molecule is Cc1cc(C)cc(C(=O)C(C)(C)NC(=O)c2ccccc2)c1. The standard InChI is InChI=1S/C19H21NO2/c1-13-10-14(2)12-16(11-13)17(21)19(3,4)20-18(22)15-8-6-5-7-9-15/h5-12H,1-4H3,(H,20,22). The van der Waals surface area contributed by atoms with Gasteiger partial charge in [0.2, 0.25) is 0 Å². The van der Waals surface area contributed by atoms with Crippen LogP contribution >= 0.6 is 0 Å². The van der Waals surface area contributed by atoms with Crippen LogP contribution in [-0.2, 0) is 0 Å². The Bertz CT molecular complexity index is 682. The highest BCUT2D eigenvalue weighted by molar-refractivity contribution is 6.06. The van der Waals surface area contributed by atoms with E-state index in [1.807, 2.05) is 38.1 Å². The van der Waals surface area contributed by atoms with Crippen LogP contribution in [0.3, 0.4) is 0 Å². The molecule has 1 amide bonds. The Morgan fingerprint density at radius 2 is 1.41 bits per heavy atom. The van der Waals surface area contributed by atoms with Gasteiger partial charge in [-0.25, -0.2) is 0 Å². The zero-order valence-electron chi connectivity index (χ0n) is 13.4. The number of hydrogen-bond acceptors (Lipinski definition) is 2. The molecule has 0 aliphatic carbocycles. The lowest BCUT2D eigenvalue weighted by molar-refractivity contribution is 0.0798. The van der Waals surface area contributed by atoms with Crippen molar-refractivity contribution in [3.8, 4) is 0 Å². The van der Waals surface area contributed by atoms with Crippen molar-refractivity contribution in [3.05, 3.63) is 70.8 Å². The van der Waals surface area contributed by atoms with Crippen molar-refractivity contribution in [3.63, 3.8) is 0 Å². The van der Waals surface area contributed by atoms with Gasteiger partial charge in [0, 0.05) is 11.1 Å². The van der Waals surface area contributed by atoms with Gasteiger partial charge in [0.15, 0.2) is 5.78 Å². The molecule has 114 valence electrons. The predicted octanol–water partition coefficient (Wildman–Crippen LogP) is 3.69. The highest BCUT2D eigenvalue weighted by Crippen LogP contribution is 2.17. The maximum Gasteiger partial charge on any atom is 0.252 e. The highest BCUT2D eigenvalue weighted by atomic mass is 16.2. The lowest BCUT2D eigenvalue weighted by Crippen LogP contribution is -2.49. The summed E-state index contributed by atoms with van der Waals surface area (Å²) in [6.45, 7) is 7.38. The molecule has 0 aromatic heterocycles. The number of ketones is 1. The van der Waals surface area contributed by atoms with Crippen LogP contribution in [0.5, 0.6) is 0 Å². The molecule has 2 aromatic rings. The Labute approximate surface area is 131 Å². The molecule has 22 heavy (non-hydrogen) atoms. The summed E-state index contributed by atoms with van der Waals surface area (Å²) in [7, 11) is 0. The average Bonchev–Trinajstić information content (AvgIpc) is 2.46. The van der Waals surface area contributed by atoms with Crippen LogP contribution in [0.15, 0.2) is 48.5 Å². The quantitative estimate of drug-likeness (QED) is 0.874. The molecule has 0 bridgehead atoms. The van der Waals surface area contributed by atoms with Gasteiger partial charge in [0.05, 0.1) is 5.54 Å². The fourth-order valence-electron chi connectivity index (χ4n) is 2.47. The third-order valence-electron chi connectivity index (χ3n) is 3.51. The second-order valence-electron chi connectivity index (χ2n) is 6.15. The molecule has 0 fully saturated rings. The monoisotopic (exact) mass is 295 g/mol. The van der Waals surface area contributed by atoms with Crippen molar-refractivity contribution >= 4 is 11.7 Å². The lowest BCUT2D eigenvalue weighted by Gasteiger charge is -2.25. The maximum absolute atomic E-state index is 12.7. The molecule has 0 aliphatic rings. The van der Waals surface area contributed by atoms with Crippen LogP contribution in [0.2, 0.25) is 0 Å².